The third-order valence-corrected chi connectivity index (χ3v) is 5.80. The minimum atomic E-state index is 0. The summed E-state index contributed by atoms with van der Waals surface area (Å²) < 4.78 is 0. The number of carbonyl (C=O) groups is 1. The molecule has 1 aliphatic carbocycles. The molecule has 1 saturated heterocycles. The predicted octanol–water partition coefficient (Wildman–Crippen LogP) is 3.63. The number of halogens is 2. The molecule has 0 spiro atoms. The first kappa shape index (κ1) is 21.0. The van der Waals surface area contributed by atoms with Crippen molar-refractivity contribution < 1.29 is 4.79 Å². The zero-order chi connectivity index (χ0) is 16.5. The molecule has 144 valence electrons. The first-order chi connectivity index (χ1) is 11.7. The van der Waals surface area contributed by atoms with E-state index in [0.29, 0.717) is 24.2 Å². The van der Waals surface area contributed by atoms with E-state index in [1.807, 2.05) is 23.1 Å². The molecule has 4 rings (SSSR count). The summed E-state index contributed by atoms with van der Waals surface area (Å²) >= 11 is 0. The van der Waals surface area contributed by atoms with E-state index in [0.717, 1.165) is 55.6 Å². The Kier molecular flexibility index (Phi) is 7.33. The maximum atomic E-state index is 12.5. The van der Waals surface area contributed by atoms with E-state index < -0.39 is 0 Å². The summed E-state index contributed by atoms with van der Waals surface area (Å²) in [5.41, 5.74) is 8.24. The average Bonchev–Trinajstić information content (AvgIpc) is 3.21. The maximum Gasteiger partial charge on any atom is 0.222 e. The van der Waals surface area contributed by atoms with E-state index in [4.69, 9.17) is 10.7 Å². The lowest BCUT2D eigenvalue weighted by atomic mass is 9.94. The highest BCUT2D eigenvalue weighted by molar-refractivity contribution is 5.85. The van der Waals surface area contributed by atoms with Crippen molar-refractivity contribution in [2.24, 2.45) is 11.7 Å². The van der Waals surface area contributed by atoms with Gasteiger partial charge >= 0.3 is 0 Å². The first-order valence-electron chi connectivity index (χ1n) is 9.18. The number of amides is 1. The lowest BCUT2D eigenvalue weighted by Gasteiger charge is -2.32. The zero-order valence-corrected chi connectivity index (χ0v) is 16.5. The van der Waals surface area contributed by atoms with E-state index in [9.17, 15) is 4.79 Å². The molecule has 2 aromatic rings. The Hall–Kier alpha value is -1.30. The molecule has 3 N–H and O–H groups in total. The number of likely N-dealkylation sites (tertiary alicyclic amines) is 1. The van der Waals surface area contributed by atoms with E-state index in [-0.39, 0.29) is 30.9 Å². The summed E-state index contributed by atoms with van der Waals surface area (Å²) in [6.45, 7) is 1.67. The SMILES string of the molecule is Cl.Cl.N[C@@H]1CCC[C@H]1CC(=O)N1CCC(c2nc3ccccc3[nH]2)CC1. The molecule has 0 bridgehead atoms. The summed E-state index contributed by atoms with van der Waals surface area (Å²) in [6.07, 6.45) is 5.97. The van der Waals surface area contributed by atoms with Crippen LogP contribution in [0.1, 0.15) is 50.3 Å². The Balaban J connectivity index is 0.00000121. The highest BCUT2D eigenvalue weighted by Crippen LogP contribution is 2.30. The molecule has 1 amide bonds. The lowest BCUT2D eigenvalue weighted by molar-refractivity contribution is -0.133. The molecule has 1 aliphatic heterocycles. The molecule has 1 saturated carbocycles. The fraction of sp³-hybridized carbons (Fsp3) is 0.579. The largest absolute Gasteiger partial charge is 0.343 e. The van der Waals surface area contributed by atoms with Gasteiger partial charge in [-0.25, -0.2) is 4.98 Å². The van der Waals surface area contributed by atoms with E-state index in [1.165, 1.54) is 6.42 Å². The molecule has 0 radical (unpaired) electrons. The van der Waals surface area contributed by atoms with Crippen molar-refractivity contribution in [2.45, 2.75) is 50.5 Å². The van der Waals surface area contributed by atoms with Gasteiger partial charge in [-0.1, -0.05) is 18.6 Å². The highest BCUT2D eigenvalue weighted by Gasteiger charge is 2.30. The molecule has 1 aromatic heterocycles. The number of para-hydroxylation sites is 2. The van der Waals surface area contributed by atoms with E-state index in [2.05, 4.69) is 11.1 Å². The van der Waals surface area contributed by atoms with E-state index in [1.54, 1.807) is 0 Å². The van der Waals surface area contributed by atoms with Gasteiger partial charge in [0.1, 0.15) is 5.82 Å². The Labute approximate surface area is 166 Å². The number of aromatic nitrogens is 2. The molecule has 1 aromatic carbocycles. The number of carbonyl (C=O) groups excluding carboxylic acids is 1. The molecule has 7 heteroatoms. The number of imidazole rings is 1. The van der Waals surface area contributed by atoms with Crippen LogP contribution in [-0.4, -0.2) is 39.9 Å². The lowest BCUT2D eigenvalue weighted by Crippen LogP contribution is -2.40. The number of aromatic amines is 1. The van der Waals surface area contributed by atoms with Crippen LogP contribution < -0.4 is 5.73 Å². The van der Waals surface area contributed by atoms with Gasteiger partial charge in [0.05, 0.1) is 11.0 Å². The van der Waals surface area contributed by atoms with Gasteiger partial charge in [0.2, 0.25) is 5.91 Å². The maximum absolute atomic E-state index is 12.5. The second-order valence-electron chi connectivity index (χ2n) is 7.35. The van der Waals surface area contributed by atoms with Gasteiger partial charge in [0, 0.05) is 31.5 Å². The Morgan fingerprint density at radius 3 is 2.54 bits per heavy atom. The third-order valence-electron chi connectivity index (χ3n) is 5.80. The monoisotopic (exact) mass is 398 g/mol. The predicted molar refractivity (Wildman–Crippen MR) is 109 cm³/mol. The van der Waals surface area contributed by atoms with Gasteiger partial charge in [-0.05, 0) is 43.7 Å². The number of nitrogens with one attached hydrogen (secondary N) is 1. The summed E-state index contributed by atoms with van der Waals surface area (Å²) in [6, 6.07) is 8.37. The smallest absolute Gasteiger partial charge is 0.222 e. The number of piperidine rings is 1. The molecular weight excluding hydrogens is 371 g/mol. The number of fused-ring (bicyclic) bond motifs is 1. The van der Waals surface area contributed by atoms with Crippen molar-refractivity contribution in [2.75, 3.05) is 13.1 Å². The summed E-state index contributed by atoms with van der Waals surface area (Å²) in [4.78, 5) is 22.7. The van der Waals surface area contributed by atoms with Crippen molar-refractivity contribution >= 4 is 41.8 Å². The molecule has 2 fully saturated rings. The topological polar surface area (TPSA) is 75.0 Å². The summed E-state index contributed by atoms with van der Waals surface area (Å²) in [5.74, 6) is 2.18. The number of hydrogen-bond acceptors (Lipinski definition) is 3. The summed E-state index contributed by atoms with van der Waals surface area (Å²) in [7, 11) is 0. The van der Waals surface area contributed by atoms with Gasteiger partial charge < -0.3 is 15.6 Å². The summed E-state index contributed by atoms with van der Waals surface area (Å²) in [5, 5.41) is 0. The van der Waals surface area contributed by atoms with Gasteiger partial charge in [0.25, 0.3) is 0 Å². The van der Waals surface area contributed by atoms with Crippen LogP contribution in [0.25, 0.3) is 11.0 Å². The molecule has 2 atom stereocenters. The molecule has 2 aliphatic rings. The van der Waals surface area contributed by atoms with Gasteiger partial charge in [-0.3, -0.25) is 4.79 Å². The van der Waals surface area contributed by atoms with Gasteiger partial charge in [0.15, 0.2) is 0 Å². The average molecular weight is 399 g/mol. The number of nitrogens with zero attached hydrogens (tertiary/aromatic N) is 2. The zero-order valence-electron chi connectivity index (χ0n) is 14.9. The molecule has 2 heterocycles. The van der Waals surface area contributed by atoms with Crippen LogP contribution >= 0.6 is 24.8 Å². The van der Waals surface area contributed by atoms with Crippen LogP contribution in [0.3, 0.4) is 0 Å². The molecular formula is C19H28Cl2N4O. The second-order valence-corrected chi connectivity index (χ2v) is 7.35. The third kappa shape index (κ3) is 4.33. The first-order valence-corrected chi connectivity index (χ1v) is 9.18. The standard InChI is InChI=1S/C19H26N4O.2ClH/c20-15-5-3-4-14(15)12-18(24)23-10-8-13(9-11-23)19-21-16-6-1-2-7-17(16)22-19;;/h1-2,6-7,13-15H,3-5,8-12,20H2,(H,21,22);2*1H/t14-,15+;;/m0../s1. The van der Waals surface area contributed by atoms with Crippen LogP contribution in [0.15, 0.2) is 24.3 Å². The van der Waals surface area contributed by atoms with E-state index >= 15 is 0 Å². The highest BCUT2D eigenvalue weighted by atomic mass is 35.5. The Morgan fingerprint density at radius 1 is 1.15 bits per heavy atom. The minimum Gasteiger partial charge on any atom is -0.343 e. The number of nitrogens with two attached hydrogens (primary N) is 1. The number of H-pyrrole nitrogens is 1. The molecule has 0 unspecified atom stereocenters. The fourth-order valence-corrected chi connectivity index (χ4v) is 4.24. The van der Waals surface area contributed by atoms with Crippen LogP contribution in [0.2, 0.25) is 0 Å². The second kappa shape index (κ2) is 9.07. The van der Waals surface area contributed by atoms with Crippen LogP contribution in [-0.2, 0) is 4.79 Å². The van der Waals surface area contributed by atoms with Crippen LogP contribution in [0.5, 0.6) is 0 Å². The number of hydrogen-bond donors (Lipinski definition) is 2. The van der Waals surface area contributed by atoms with Crippen LogP contribution in [0, 0.1) is 5.92 Å². The van der Waals surface area contributed by atoms with Crippen molar-refractivity contribution in [1.29, 1.82) is 0 Å². The Morgan fingerprint density at radius 2 is 1.88 bits per heavy atom. The van der Waals surface area contributed by atoms with Crippen molar-refractivity contribution in [3.63, 3.8) is 0 Å². The van der Waals surface area contributed by atoms with Crippen molar-refractivity contribution in [3.05, 3.63) is 30.1 Å². The quantitative estimate of drug-likeness (QED) is 0.828. The molecule has 26 heavy (non-hydrogen) atoms. The van der Waals surface area contributed by atoms with Gasteiger partial charge in [-0.15, -0.1) is 24.8 Å². The van der Waals surface area contributed by atoms with Crippen molar-refractivity contribution in [1.82, 2.24) is 14.9 Å². The minimum absolute atomic E-state index is 0. The van der Waals surface area contributed by atoms with Crippen LogP contribution in [0.4, 0.5) is 0 Å². The molecule has 5 nitrogen and oxygen atoms in total. The normalized spacial score (nSPS) is 23.5. The number of benzene rings is 1. The Bertz CT molecular complexity index is 694. The van der Waals surface area contributed by atoms with Crippen molar-refractivity contribution in [3.8, 4) is 0 Å². The number of rotatable bonds is 3. The fourth-order valence-electron chi connectivity index (χ4n) is 4.24. The van der Waals surface area contributed by atoms with Gasteiger partial charge in [-0.2, -0.15) is 0 Å².